The van der Waals surface area contributed by atoms with E-state index in [1.165, 1.54) is 11.1 Å². The van der Waals surface area contributed by atoms with Gasteiger partial charge in [0, 0.05) is 30.2 Å². The lowest BCUT2D eigenvalue weighted by atomic mass is 10.0. The number of hydrogen-bond acceptors (Lipinski definition) is 3. The van der Waals surface area contributed by atoms with Crippen molar-refractivity contribution < 1.29 is 4.74 Å². The van der Waals surface area contributed by atoms with Crippen molar-refractivity contribution in [3.63, 3.8) is 0 Å². The minimum absolute atomic E-state index is 0.0324. The van der Waals surface area contributed by atoms with Crippen LogP contribution in [0.1, 0.15) is 36.9 Å². The van der Waals surface area contributed by atoms with Crippen LogP contribution in [-0.2, 0) is 4.74 Å². The standard InChI is InChI=1S/C15H23BrN2O/c1-11-4-5-12(8-13(11)16)14(9-17)18-10-15(2)6-3-7-19-15/h4-5,8,14,18H,3,6-7,9-10,17H2,1-2H3. The Morgan fingerprint density at radius 2 is 2.32 bits per heavy atom. The molecule has 0 radical (unpaired) electrons. The number of rotatable bonds is 5. The van der Waals surface area contributed by atoms with Gasteiger partial charge in [0.2, 0.25) is 0 Å². The first kappa shape index (κ1) is 15.0. The van der Waals surface area contributed by atoms with Gasteiger partial charge in [-0.3, -0.25) is 0 Å². The van der Waals surface area contributed by atoms with Gasteiger partial charge in [0.15, 0.2) is 0 Å². The molecule has 0 spiro atoms. The molecule has 4 heteroatoms. The molecule has 0 aliphatic carbocycles. The monoisotopic (exact) mass is 326 g/mol. The highest BCUT2D eigenvalue weighted by atomic mass is 79.9. The van der Waals surface area contributed by atoms with E-state index >= 15 is 0 Å². The Labute approximate surface area is 124 Å². The summed E-state index contributed by atoms with van der Waals surface area (Å²) in [6.07, 6.45) is 2.27. The van der Waals surface area contributed by atoms with Crippen molar-refractivity contribution in [1.82, 2.24) is 5.32 Å². The van der Waals surface area contributed by atoms with Gasteiger partial charge in [0.05, 0.1) is 5.60 Å². The van der Waals surface area contributed by atoms with Crippen LogP contribution in [-0.4, -0.2) is 25.3 Å². The molecular weight excluding hydrogens is 304 g/mol. The fourth-order valence-electron chi connectivity index (χ4n) is 2.48. The summed E-state index contributed by atoms with van der Waals surface area (Å²) < 4.78 is 6.93. The third-order valence-corrected chi connectivity index (χ3v) is 4.71. The molecule has 1 aliphatic rings. The molecule has 2 unspecified atom stereocenters. The summed E-state index contributed by atoms with van der Waals surface area (Å²) in [5.41, 5.74) is 8.33. The summed E-state index contributed by atoms with van der Waals surface area (Å²) in [6, 6.07) is 6.59. The average Bonchev–Trinajstić information content (AvgIpc) is 2.81. The maximum Gasteiger partial charge on any atom is 0.0779 e. The van der Waals surface area contributed by atoms with Crippen LogP contribution in [0.2, 0.25) is 0 Å². The van der Waals surface area contributed by atoms with Gasteiger partial charge in [-0.05, 0) is 43.9 Å². The molecule has 0 amide bonds. The van der Waals surface area contributed by atoms with Crippen LogP contribution in [0.4, 0.5) is 0 Å². The number of halogens is 1. The third kappa shape index (κ3) is 3.78. The second-order valence-corrected chi connectivity index (χ2v) is 6.43. The van der Waals surface area contributed by atoms with Crippen molar-refractivity contribution in [2.45, 2.75) is 38.3 Å². The van der Waals surface area contributed by atoms with Crippen molar-refractivity contribution in [1.29, 1.82) is 0 Å². The summed E-state index contributed by atoms with van der Waals surface area (Å²) in [6.45, 7) is 6.57. The molecule has 3 nitrogen and oxygen atoms in total. The quantitative estimate of drug-likeness (QED) is 0.874. The van der Waals surface area contributed by atoms with Gasteiger partial charge in [-0.15, -0.1) is 0 Å². The molecule has 1 heterocycles. The van der Waals surface area contributed by atoms with Gasteiger partial charge in [-0.25, -0.2) is 0 Å². The Morgan fingerprint density at radius 1 is 1.53 bits per heavy atom. The normalized spacial score (nSPS) is 24.6. The zero-order valence-electron chi connectivity index (χ0n) is 11.7. The number of nitrogens with one attached hydrogen (secondary N) is 1. The number of aryl methyl sites for hydroxylation is 1. The largest absolute Gasteiger partial charge is 0.374 e. The van der Waals surface area contributed by atoms with Crippen molar-refractivity contribution in [2.24, 2.45) is 5.73 Å². The Balaban J connectivity index is 2.01. The number of hydrogen-bond donors (Lipinski definition) is 2. The van der Waals surface area contributed by atoms with Crippen LogP contribution in [0.5, 0.6) is 0 Å². The molecule has 2 rings (SSSR count). The van der Waals surface area contributed by atoms with E-state index in [-0.39, 0.29) is 11.6 Å². The zero-order chi connectivity index (χ0) is 13.9. The van der Waals surface area contributed by atoms with E-state index in [1.54, 1.807) is 0 Å². The second kappa shape index (κ2) is 6.35. The maximum absolute atomic E-state index is 5.90. The van der Waals surface area contributed by atoms with Gasteiger partial charge in [-0.1, -0.05) is 28.1 Å². The second-order valence-electron chi connectivity index (χ2n) is 5.58. The Hall–Kier alpha value is -0.420. The fraction of sp³-hybridized carbons (Fsp3) is 0.600. The molecule has 1 fully saturated rings. The minimum Gasteiger partial charge on any atom is -0.374 e. The van der Waals surface area contributed by atoms with E-state index in [2.05, 4.69) is 53.3 Å². The smallest absolute Gasteiger partial charge is 0.0779 e. The highest BCUT2D eigenvalue weighted by Crippen LogP contribution is 2.26. The Kier molecular flexibility index (Phi) is 5.01. The van der Waals surface area contributed by atoms with Crippen LogP contribution < -0.4 is 11.1 Å². The maximum atomic E-state index is 5.90. The van der Waals surface area contributed by atoms with Crippen molar-refractivity contribution in [3.8, 4) is 0 Å². The van der Waals surface area contributed by atoms with Gasteiger partial charge >= 0.3 is 0 Å². The lowest BCUT2D eigenvalue weighted by Crippen LogP contribution is -2.41. The summed E-state index contributed by atoms with van der Waals surface area (Å²) in [5.74, 6) is 0. The number of benzene rings is 1. The van der Waals surface area contributed by atoms with Gasteiger partial charge in [-0.2, -0.15) is 0 Å². The van der Waals surface area contributed by atoms with Gasteiger partial charge in [0.1, 0.15) is 0 Å². The molecule has 19 heavy (non-hydrogen) atoms. The van der Waals surface area contributed by atoms with E-state index in [1.807, 2.05) is 0 Å². The van der Waals surface area contributed by atoms with Gasteiger partial charge < -0.3 is 15.8 Å². The van der Waals surface area contributed by atoms with E-state index in [9.17, 15) is 0 Å². The molecule has 1 aliphatic heterocycles. The molecular formula is C15H23BrN2O. The number of ether oxygens (including phenoxy) is 1. The first-order valence-electron chi connectivity index (χ1n) is 6.87. The van der Waals surface area contributed by atoms with Gasteiger partial charge in [0.25, 0.3) is 0 Å². The molecule has 0 bridgehead atoms. The van der Waals surface area contributed by atoms with Crippen LogP contribution in [0.15, 0.2) is 22.7 Å². The average molecular weight is 327 g/mol. The lowest BCUT2D eigenvalue weighted by Gasteiger charge is -2.27. The van der Waals surface area contributed by atoms with Crippen molar-refractivity contribution >= 4 is 15.9 Å². The topological polar surface area (TPSA) is 47.3 Å². The van der Waals surface area contributed by atoms with Crippen molar-refractivity contribution in [2.75, 3.05) is 19.7 Å². The van der Waals surface area contributed by atoms with E-state index in [4.69, 9.17) is 10.5 Å². The van der Waals surface area contributed by atoms with Crippen LogP contribution in [0, 0.1) is 6.92 Å². The molecule has 1 aromatic carbocycles. The molecule has 0 aromatic heterocycles. The minimum atomic E-state index is -0.0324. The highest BCUT2D eigenvalue weighted by Gasteiger charge is 2.30. The Bertz CT molecular complexity index is 430. The summed E-state index contributed by atoms with van der Waals surface area (Å²) in [5, 5.41) is 3.54. The molecule has 2 atom stereocenters. The zero-order valence-corrected chi connectivity index (χ0v) is 13.3. The fourth-order valence-corrected chi connectivity index (χ4v) is 2.87. The van der Waals surface area contributed by atoms with E-state index in [0.717, 1.165) is 30.5 Å². The number of nitrogens with two attached hydrogens (primary N) is 1. The highest BCUT2D eigenvalue weighted by molar-refractivity contribution is 9.10. The first-order chi connectivity index (χ1) is 9.04. The molecule has 106 valence electrons. The lowest BCUT2D eigenvalue weighted by molar-refractivity contribution is 0.0189. The van der Waals surface area contributed by atoms with Crippen LogP contribution in [0.3, 0.4) is 0 Å². The summed E-state index contributed by atoms with van der Waals surface area (Å²) >= 11 is 3.58. The molecule has 0 saturated carbocycles. The molecule has 1 aromatic rings. The predicted octanol–water partition coefficient (Wildman–Crippen LogP) is 2.92. The SMILES string of the molecule is Cc1ccc(C(CN)NCC2(C)CCCO2)cc1Br. The van der Waals surface area contributed by atoms with E-state index in [0.29, 0.717) is 6.54 Å². The van der Waals surface area contributed by atoms with Crippen molar-refractivity contribution in [3.05, 3.63) is 33.8 Å². The molecule has 3 N–H and O–H groups in total. The Morgan fingerprint density at radius 3 is 2.89 bits per heavy atom. The first-order valence-corrected chi connectivity index (χ1v) is 7.67. The predicted molar refractivity (Wildman–Crippen MR) is 82.3 cm³/mol. The van der Waals surface area contributed by atoms with Crippen LogP contribution in [0.25, 0.3) is 0 Å². The molecule has 1 saturated heterocycles. The summed E-state index contributed by atoms with van der Waals surface area (Å²) in [4.78, 5) is 0. The summed E-state index contributed by atoms with van der Waals surface area (Å²) in [7, 11) is 0. The third-order valence-electron chi connectivity index (χ3n) is 3.86. The van der Waals surface area contributed by atoms with E-state index < -0.39 is 0 Å². The van der Waals surface area contributed by atoms with Crippen LogP contribution >= 0.6 is 15.9 Å².